The number of benzene rings is 1. The van der Waals surface area contributed by atoms with E-state index in [4.69, 9.17) is 19.4 Å². The van der Waals surface area contributed by atoms with E-state index in [0.717, 1.165) is 107 Å². The van der Waals surface area contributed by atoms with Crippen molar-refractivity contribution in [3.05, 3.63) is 52.1 Å². The topological polar surface area (TPSA) is 134 Å². The number of aryl methyl sites for hydroxylation is 1. The van der Waals surface area contributed by atoms with E-state index in [9.17, 15) is 14.4 Å². The molecule has 7 unspecified atom stereocenters. The van der Waals surface area contributed by atoms with E-state index in [1.807, 2.05) is 6.20 Å². The molecule has 320 valence electrons. The van der Waals surface area contributed by atoms with Gasteiger partial charge < -0.3 is 29.2 Å². The van der Waals surface area contributed by atoms with Crippen molar-refractivity contribution in [1.29, 1.82) is 0 Å². The number of carbonyl (C=O) groups excluding carboxylic acids is 3. The third-order valence-corrected chi connectivity index (χ3v) is 14.8. The Bertz CT molecular complexity index is 2300. The van der Waals surface area contributed by atoms with Crippen molar-refractivity contribution in [3.8, 4) is 22.5 Å². The van der Waals surface area contributed by atoms with Gasteiger partial charge in [-0.05, 0) is 88.1 Å². The van der Waals surface area contributed by atoms with Crippen LogP contribution in [0.5, 0.6) is 0 Å². The average Bonchev–Trinajstić information content (AvgIpc) is 3.65. The summed E-state index contributed by atoms with van der Waals surface area (Å²) in [6, 6.07) is 7.41. The number of ether oxygens (including phenoxy) is 2. The van der Waals surface area contributed by atoms with Gasteiger partial charge in [0.05, 0.1) is 46.7 Å². The summed E-state index contributed by atoms with van der Waals surface area (Å²) in [5, 5.41) is 8.62. The molecule has 2 saturated carbocycles. The molecule has 13 nitrogen and oxygen atoms in total. The first-order valence-electron chi connectivity index (χ1n) is 21.9. The summed E-state index contributed by atoms with van der Waals surface area (Å²) >= 11 is 1.51. The Morgan fingerprint density at radius 2 is 1.93 bits per heavy atom. The second-order valence-corrected chi connectivity index (χ2v) is 19.8. The molecule has 3 aromatic heterocycles. The molecule has 2 amide bonds. The van der Waals surface area contributed by atoms with Crippen molar-refractivity contribution >= 4 is 45.7 Å². The highest BCUT2D eigenvalue weighted by atomic mass is 32.1. The van der Waals surface area contributed by atoms with E-state index in [1.165, 1.54) is 11.3 Å². The molecule has 4 aromatic rings. The Morgan fingerprint density at radius 1 is 1.15 bits per heavy atom. The van der Waals surface area contributed by atoms with Crippen LogP contribution in [0.4, 0.5) is 5.69 Å². The van der Waals surface area contributed by atoms with Gasteiger partial charge in [-0.3, -0.25) is 24.4 Å². The fraction of sp³-hybridized carbons (Fsp3) is 0.587. The lowest BCUT2D eigenvalue weighted by atomic mass is 9.68. The molecule has 60 heavy (non-hydrogen) atoms. The number of cyclic esters (lactones) is 1. The van der Waals surface area contributed by atoms with Crippen molar-refractivity contribution in [2.24, 2.45) is 29.1 Å². The van der Waals surface area contributed by atoms with Crippen LogP contribution >= 0.6 is 11.3 Å². The number of fused-ring (bicyclic) bond motifs is 8. The Morgan fingerprint density at radius 3 is 2.63 bits per heavy atom. The van der Waals surface area contributed by atoms with Gasteiger partial charge in [-0.25, -0.2) is 10.4 Å². The SMILES string of the molecule is CCn1c(-c2cc(N3CCN(C)CC3)cnc2C(C)OC)c2c3cc(ccc31)-c1csc(n1)CC(NC(=O)C1CC1C)C(=O)N1CC3CCC3C(N1)C(=O)OCC(C)(C)C2. The molecule has 0 spiro atoms. The molecule has 5 aliphatic rings. The number of esters is 1. The number of methoxy groups -OCH3 is 1. The maximum absolute atomic E-state index is 14.4. The standard InChI is InChI=1S/C46H60N8O5S/c1-8-53-38-12-10-28-18-33(38)35(42(53)34-19-30(22-47-40(34)27(3)58-7)52-15-13-51(6)14-16-52)21-46(4,5)25-59-45(57)41-31-11-9-29(31)23-54(50-41)44(56)36(20-39-48-37(28)24-60-39)49-43(55)32-17-26(32)2/h10,12,18-19,22,24,26-27,29,31-32,36,41,50H,8-9,11,13-17,20-21,23,25H2,1-7H3,(H,49,55). The number of carbonyl (C=O) groups is 3. The molecule has 6 bridgehead atoms. The van der Waals surface area contributed by atoms with Crippen LogP contribution in [-0.4, -0.2) is 108 Å². The van der Waals surface area contributed by atoms with Gasteiger partial charge in [0.1, 0.15) is 12.1 Å². The molecule has 2 saturated heterocycles. The first kappa shape index (κ1) is 41.0. The van der Waals surface area contributed by atoms with Crippen LogP contribution in [0.3, 0.4) is 0 Å². The van der Waals surface area contributed by atoms with Crippen LogP contribution < -0.4 is 15.6 Å². The van der Waals surface area contributed by atoms with Gasteiger partial charge in [-0.2, -0.15) is 0 Å². The van der Waals surface area contributed by atoms with Gasteiger partial charge in [0, 0.05) is 91.5 Å². The van der Waals surface area contributed by atoms with E-state index < -0.39 is 17.5 Å². The molecular weight excluding hydrogens is 777 g/mol. The summed E-state index contributed by atoms with van der Waals surface area (Å²) in [4.78, 5) is 57.0. The predicted octanol–water partition coefficient (Wildman–Crippen LogP) is 5.86. The summed E-state index contributed by atoms with van der Waals surface area (Å²) in [6.07, 6.45) is 5.29. The number of anilines is 1. The lowest BCUT2D eigenvalue weighted by molar-refractivity contribution is -0.165. The third-order valence-electron chi connectivity index (χ3n) is 13.9. The van der Waals surface area contributed by atoms with E-state index >= 15 is 0 Å². The molecular formula is C46H60N8O5S. The van der Waals surface area contributed by atoms with Crippen LogP contribution in [-0.2, 0) is 43.2 Å². The molecule has 4 fully saturated rings. The van der Waals surface area contributed by atoms with Crippen molar-refractivity contribution in [2.45, 2.75) is 91.5 Å². The Balaban J connectivity index is 1.18. The average molecular weight is 837 g/mol. The monoisotopic (exact) mass is 836 g/mol. The first-order valence-corrected chi connectivity index (χ1v) is 22.8. The summed E-state index contributed by atoms with van der Waals surface area (Å²) in [5.74, 6) is -0.199. The number of hydrogen-bond donors (Lipinski definition) is 2. The Labute approximate surface area is 357 Å². The quantitative estimate of drug-likeness (QED) is 0.218. The first-order chi connectivity index (χ1) is 28.8. The molecule has 14 heteroatoms. The highest BCUT2D eigenvalue weighted by molar-refractivity contribution is 7.10. The summed E-state index contributed by atoms with van der Waals surface area (Å²) in [6.45, 7) is 15.9. The molecule has 6 heterocycles. The number of aromatic nitrogens is 3. The summed E-state index contributed by atoms with van der Waals surface area (Å²) < 4.78 is 14.7. The van der Waals surface area contributed by atoms with Gasteiger partial charge in [0.15, 0.2) is 0 Å². The van der Waals surface area contributed by atoms with Gasteiger partial charge in [-0.1, -0.05) is 26.8 Å². The summed E-state index contributed by atoms with van der Waals surface area (Å²) in [5.41, 5.74) is 11.0. The second kappa shape index (κ2) is 16.2. The number of thiazole rings is 1. The zero-order valence-electron chi connectivity index (χ0n) is 36.1. The molecule has 3 aliphatic heterocycles. The fourth-order valence-electron chi connectivity index (χ4n) is 9.87. The van der Waals surface area contributed by atoms with Crippen LogP contribution in [0.1, 0.15) is 76.3 Å². The van der Waals surface area contributed by atoms with Crippen molar-refractivity contribution in [2.75, 3.05) is 58.4 Å². The number of hydrazine groups is 1. The minimum Gasteiger partial charge on any atom is -0.464 e. The molecule has 1 aromatic carbocycles. The zero-order chi connectivity index (χ0) is 42.0. The van der Waals surface area contributed by atoms with Crippen LogP contribution in [0.15, 0.2) is 35.8 Å². The van der Waals surface area contributed by atoms with Crippen molar-refractivity contribution in [1.82, 2.24) is 35.2 Å². The predicted molar refractivity (Wildman–Crippen MR) is 233 cm³/mol. The molecule has 9 rings (SSSR count). The Hall–Kier alpha value is -4.37. The highest BCUT2D eigenvalue weighted by Crippen LogP contribution is 2.44. The smallest absolute Gasteiger partial charge is 0.325 e. The van der Waals surface area contributed by atoms with E-state index in [0.29, 0.717) is 18.9 Å². The van der Waals surface area contributed by atoms with Gasteiger partial charge in [0.25, 0.3) is 5.91 Å². The number of piperazine rings is 1. The number of nitrogens with zero attached hydrogens (tertiary/aromatic N) is 6. The normalized spacial score (nSPS) is 27.4. The molecule has 2 aliphatic carbocycles. The third kappa shape index (κ3) is 7.73. The van der Waals surface area contributed by atoms with E-state index in [-0.39, 0.29) is 54.7 Å². The maximum Gasteiger partial charge on any atom is 0.325 e. The number of pyridine rings is 1. The molecule has 7 atom stereocenters. The number of nitrogens with one attached hydrogen (secondary N) is 2. The van der Waals surface area contributed by atoms with Crippen LogP contribution in [0.2, 0.25) is 0 Å². The van der Waals surface area contributed by atoms with E-state index in [1.54, 1.807) is 12.1 Å². The number of hydrogen-bond acceptors (Lipinski definition) is 11. The van der Waals surface area contributed by atoms with Gasteiger partial charge in [0.2, 0.25) is 5.91 Å². The second-order valence-electron chi connectivity index (χ2n) is 18.8. The minimum atomic E-state index is -0.822. The van der Waals surface area contributed by atoms with E-state index in [2.05, 4.69) is 96.4 Å². The fourth-order valence-corrected chi connectivity index (χ4v) is 10.7. The lowest BCUT2D eigenvalue weighted by Gasteiger charge is -2.49. The van der Waals surface area contributed by atoms with Crippen molar-refractivity contribution < 1.29 is 23.9 Å². The summed E-state index contributed by atoms with van der Waals surface area (Å²) in [7, 11) is 3.90. The Kier molecular flexibility index (Phi) is 11.0. The maximum atomic E-state index is 14.4. The lowest BCUT2D eigenvalue weighted by Crippen LogP contribution is -2.67. The molecule has 0 radical (unpaired) electrons. The molecule has 2 N–H and O–H groups in total. The van der Waals surface area contributed by atoms with Gasteiger partial charge in [-0.15, -0.1) is 11.3 Å². The minimum absolute atomic E-state index is 0.0887. The van der Waals surface area contributed by atoms with Crippen LogP contribution in [0.25, 0.3) is 33.4 Å². The highest BCUT2D eigenvalue weighted by Gasteiger charge is 2.49. The van der Waals surface area contributed by atoms with Crippen LogP contribution in [0, 0.1) is 29.1 Å². The van der Waals surface area contributed by atoms with Crippen molar-refractivity contribution in [3.63, 3.8) is 0 Å². The number of amides is 2. The number of rotatable bonds is 7. The largest absolute Gasteiger partial charge is 0.464 e. The number of likely N-dealkylation sites (N-methyl/N-ethyl adjacent to an activating group) is 1. The van der Waals surface area contributed by atoms with Gasteiger partial charge >= 0.3 is 5.97 Å². The zero-order valence-corrected chi connectivity index (χ0v) is 36.9.